The van der Waals surface area contributed by atoms with Crippen LogP contribution in [0, 0.1) is 5.41 Å². The molecule has 2 nitrogen and oxygen atoms in total. The van der Waals surface area contributed by atoms with Gasteiger partial charge in [-0.2, -0.15) is 26.3 Å². The van der Waals surface area contributed by atoms with Crippen LogP contribution >= 0.6 is 0 Å². The van der Waals surface area contributed by atoms with Crippen molar-refractivity contribution < 1.29 is 67.2 Å². The molecule has 0 unspecified atom stereocenters. The maximum absolute atomic E-state index is 11.8. The number of carboxylic acid groups (broad SMARTS) is 1. The van der Waals surface area contributed by atoms with Crippen molar-refractivity contribution in [2.24, 2.45) is 5.41 Å². The van der Waals surface area contributed by atoms with Crippen LogP contribution in [0.3, 0.4) is 0 Å². The van der Waals surface area contributed by atoms with Crippen LogP contribution in [0.2, 0.25) is 0 Å². The van der Waals surface area contributed by atoms with Gasteiger partial charge in [0.05, 0.1) is 0 Å². The van der Waals surface area contributed by atoms with Gasteiger partial charge in [0.2, 0.25) is 0 Å². The standard InChI is InChI=1S/C5H4F6O2.Na.H/c1-3(2(12)13,4(6,7)8)5(9,10)11;;/h1H3,(H,12,13);;/q;+1;-1. The Kier molecular flexibility index (Phi) is 5.03. The van der Waals surface area contributed by atoms with Crippen LogP contribution in [0.4, 0.5) is 26.3 Å². The minimum Gasteiger partial charge on any atom is -1.00 e. The third kappa shape index (κ3) is 2.54. The Balaban J connectivity index is -0.000000720. The predicted octanol–water partition coefficient (Wildman–Crippen LogP) is -0.682. The van der Waals surface area contributed by atoms with Gasteiger partial charge in [-0.1, -0.05) is 0 Å². The molecular weight excluding hydrogens is 229 g/mol. The van der Waals surface area contributed by atoms with Crippen LogP contribution < -0.4 is 29.6 Å². The third-order valence-corrected chi connectivity index (χ3v) is 1.56. The molecule has 0 aromatic heterocycles. The molecule has 0 aromatic rings. The molecule has 0 amide bonds. The molecule has 9 heteroatoms. The number of hydrogen-bond acceptors (Lipinski definition) is 1. The summed E-state index contributed by atoms with van der Waals surface area (Å²) < 4.78 is 70.5. The van der Waals surface area contributed by atoms with Crippen LogP contribution in [0.5, 0.6) is 0 Å². The van der Waals surface area contributed by atoms with Crippen molar-refractivity contribution >= 4 is 5.97 Å². The second-order valence-corrected chi connectivity index (χ2v) is 2.43. The van der Waals surface area contributed by atoms with Gasteiger partial charge in [-0.05, 0) is 6.92 Å². The molecule has 0 bridgehead atoms. The number of halogens is 6. The maximum atomic E-state index is 11.8. The summed E-state index contributed by atoms with van der Waals surface area (Å²) in [6.45, 7) is -0.421. The summed E-state index contributed by atoms with van der Waals surface area (Å²) in [5.41, 5.74) is -4.71. The van der Waals surface area contributed by atoms with Gasteiger partial charge in [-0.25, -0.2) is 0 Å². The van der Waals surface area contributed by atoms with E-state index in [2.05, 4.69) is 0 Å². The van der Waals surface area contributed by atoms with Crippen molar-refractivity contribution in [3.8, 4) is 0 Å². The van der Waals surface area contributed by atoms with Gasteiger partial charge < -0.3 is 6.53 Å². The van der Waals surface area contributed by atoms with Crippen LogP contribution in [-0.2, 0) is 4.79 Å². The van der Waals surface area contributed by atoms with E-state index in [9.17, 15) is 31.1 Å². The Morgan fingerprint density at radius 3 is 1.29 bits per heavy atom. The zero-order valence-corrected chi connectivity index (χ0v) is 9.12. The van der Waals surface area contributed by atoms with E-state index in [1.165, 1.54) is 0 Å². The quantitative estimate of drug-likeness (QED) is 0.482. The van der Waals surface area contributed by atoms with Crippen molar-refractivity contribution in [3.63, 3.8) is 0 Å². The summed E-state index contributed by atoms with van der Waals surface area (Å²) in [6.07, 6.45) is -11.7. The Labute approximate surface area is 98.0 Å². The first kappa shape index (κ1) is 16.5. The Morgan fingerprint density at radius 1 is 1.07 bits per heavy atom. The average Bonchev–Trinajstić information content (AvgIpc) is 1.80. The van der Waals surface area contributed by atoms with Crippen molar-refractivity contribution in [1.82, 2.24) is 0 Å². The number of carboxylic acids is 1. The zero-order valence-electron chi connectivity index (χ0n) is 8.12. The molecule has 0 aromatic carbocycles. The first-order valence-electron chi connectivity index (χ1n) is 2.81. The molecule has 80 valence electrons. The van der Waals surface area contributed by atoms with E-state index in [4.69, 9.17) is 5.11 Å². The van der Waals surface area contributed by atoms with Crippen LogP contribution in [0.1, 0.15) is 8.35 Å². The van der Waals surface area contributed by atoms with E-state index >= 15 is 0 Å². The van der Waals surface area contributed by atoms with Crippen LogP contribution in [0.25, 0.3) is 0 Å². The average molecular weight is 234 g/mol. The molecule has 0 radical (unpaired) electrons. The van der Waals surface area contributed by atoms with Gasteiger partial charge in [0, 0.05) is 0 Å². The maximum Gasteiger partial charge on any atom is 1.00 e. The van der Waals surface area contributed by atoms with Gasteiger partial charge in [0.25, 0.3) is 5.41 Å². The van der Waals surface area contributed by atoms with Gasteiger partial charge in [0.1, 0.15) is 0 Å². The zero-order chi connectivity index (χ0) is 11.1. The summed E-state index contributed by atoms with van der Waals surface area (Å²) in [7, 11) is 0. The predicted molar refractivity (Wildman–Crippen MR) is 29.0 cm³/mol. The van der Waals surface area contributed by atoms with Gasteiger partial charge >= 0.3 is 47.9 Å². The first-order valence-corrected chi connectivity index (χ1v) is 2.81. The van der Waals surface area contributed by atoms with Crippen LogP contribution in [-0.4, -0.2) is 23.4 Å². The monoisotopic (exact) mass is 234 g/mol. The Hall–Kier alpha value is 0.0500. The molecule has 0 heterocycles. The molecule has 0 aliphatic rings. The molecular formula is C5H5F6NaO2. The topological polar surface area (TPSA) is 37.3 Å². The molecule has 0 aliphatic carbocycles. The fraction of sp³-hybridized carbons (Fsp3) is 0.800. The summed E-state index contributed by atoms with van der Waals surface area (Å²) in [6, 6.07) is 0. The number of hydrogen-bond donors (Lipinski definition) is 1. The van der Waals surface area contributed by atoms with Crippen molar-refractivity contribution in [1.29, 1.82) is 0 Å². The van der Waals surface area contributed by atoms with Crippen molar-refractivity contribution in [3.05, 3.63) is 0 Å². The SMILES string of the molecule is CC(C(=O)O)(C(F)(F)F)C(F)(F)F.[H-].[Na+]. The molecule has 0 fully saturated rings. The molecule has 0 spiro atoms. The normalized spacial score (nSPS) is 13.4. The Bertz CT molecular complexity index is 211. The molecule has 0 saturated carbocycles. The molecule has 0 atom stereocenters. The number of aliphatic carboxylic acids is 1. The van der Waals surface area contributed by atoms with E-state index in [1.54, 1.807) is 0 Å². The Morgan fingerprint density at radius 2 is 1.29 bits per heavy atom. The molecule has 14 heavy (non-hydrogen) atoms. The third-order valence-electron chi connectivity index (χ3n) is 1.56. The van der Waals surface area contributed by atoms with E-state index in [1.807, 2.05) is 0 Å². The number of rotatable bonds is 1. The molecule has 0 saturated heterocycles. The van der Waals surface area contributed by atoms with Gasteiger partial charge in [-0.3, -0.25) is 4.79 Å². The first-order chi connectivity index (χ1) is 5.44. The van der Waals surface area contributed by atoms with E-state index in [0.717, 1.165) is 0 Å². The van der Waals surface area contributed by atoms with Crippen molar-refractivity contribution in [2.45, 2.75) is 19.3 Å². The minimum absolute atomic E-state index is 0. The minimum atomic E-state index is -5.86. The van der Waals surface area contributed by atoms with E-state index in [0.29, 0.717) is 0 Å². The number of alkyl halides is 6. The molecule has 0 rings (SSSR count). The second-order valence-electron chi connectivity index (χ2n) is 2.43. The second kappa shape index (κ2) is 4.28. The summed E-state index contributed by atoms with van der Waals surface area (Å²) >= 11 is 0. The van der Waals surface area contributed by atoms with E-state index < -0.39 is 30.7 Å². The fourth-order valence-electron chi connectivity index (χ4n) is 0.403. The summed E-state index contributed by atoms with van der Waals surface area (Å²) in [5.74, 6) is -2.97. The molecule has 1 N–H and O–H groups in total. The summed E-state index contributed by atoms with van der Waals surface area (Å²) in [5, 5.41) is 7.86. The fourth-order valence-corrected chi connectivity index (χ4v) is 0.403. The largest absolute Gasteiger partial charge is 1.00 e. The van der Waals surface area contributed by atoms with Gasteiger partial charge in [0.15, 0.2) is 0 Å². The number of carbonyl (C=O) groups is 1. The van der Waals surface area contributed by atoms with E-state index in [-0.39, 0.29) is 31.0 Å². The summed E-state index contributed by atoms with van der Waals surface area (Å²) in [4.78, 5) is 9.87. The smallest absolute Gasteiger partial charge is 1.00 e. The molecule has 0 aliphatic heterocycles. The van der Waals surface area contributed by atoms with Crippen molar-refractivity contribution in [2.75, 3.05) is 0 Å². The van der Waals surface area contributed by atoms with Gasteiger partial charge in [-0.15, -0.1) is 0 Å². The van der Waals surface area contributed by atoms with Crippen LogP contribution in [0.15, 0.2) is 0 Å².